The van der Waals surface area contributed by atoms with Crippen molar-refractivity contribution in [3.05, 3.63) is 29.8 Å². The van der Waals surface area contributed by atoms with Gasteiger partial charge >= 0.3 is 6.18 Å². The van der Waals surface area contributed by atoms with Crippen LogP contribution in [0.4, 0.5) is 13.2 Å². The zero-order valence-corrected chi connectivity index (χ0v) is 10.1. The van der Waals surface area contributed by atoms with Crippen molar-refractivity contribution < 1.29 is 17.9 Å². The first-order valence-corrected chi connectivity index (χ1v) is 4.88. The summed E-state index contributed by atoms with van der Waals surface area (Å²) in [5.74, 6) is 0.597. The number of benzene rings is 1. The lowest BCUT2D eigenvalue weighted by atomic mass is 10.0. The molecule has 0 heterocycles. The van der Waals surface area contributed by atoms with Gasteiger partial charge in [-0.2, -0.15) is 13.2 Å². The van der Waals surface area contributed by atoms with Crippen molar-refractivity contribution in [3.8, 4) is 5.75 Å². The number of hydrogen-bond acceptors (Lipinski definition) is 2. The third-order valence-electron chi connectivity index (χ3n) is 2.26. The van der Waals surface area contributed by atoms with E-state index >= 15 is 0 Å². The molecule has 0 aliphatic heterocycles. The molecular formula is C11H15ClF3NO. The Morgan fingerprint density at radius 1 is 1.35 bits per heavy atom. The molecule has 98 valence electrons. The number of alkyl halides is 3. The summed E-state index contributed by atoms with van der Waals surface area (Å²) < 4.78 is 41.0. The number of halogens is 4. The normalized spacial score (nSPS) is 12.8. The second kappa shape index (κ2) is 6.71. The monoisotopic (exact) mass is 269 g/mol. The van der Waals surface area contributed by atoms with Crippen LogP contribution in [0.2, 0.25) is 0 Å². The minimum Gasteiger partial charge on any atom is -0.497 e. The molecule has 17 heavy (non-hydrogen) atoms. The van der Waals surface area contributed by atoms with Gasteiger partial charge in [0.25, 0.3) is 0 Å². The lowest BCUT2D eigenvalue weighted by Gasteiger charge is -2.14. The molecule has 1 aromatic rings. The fourth-order valence-electron chi connectivity index (χ4n) is 1.36. The molecule has 0 aliphatic carbocycles. The van der Waals surface area contributed by atoms with Gasteiger partial charge in [0.05, 0.1) is 7.11 Å². The first-order valence-electron chi connectivity index (χ1n) is 4.88. The van der Waals surface area contributed by atoms with Crippen LogP contribution in [0.1, 0.15) is 24.4 Å². The maximum atomic E-state index is 12.0. The van der Waals surface area contributed by atoms with Crippen LogP contribution in [0.3, 0.4) is 0 Å². The number of rotatable bonds is 4. The zero-order chi connectivity index (χ0) is 12.2. The Hall–Kier alpha value is -0.940. The number of nitrogens with two attached hydrogens (primary N) is 1. The second-order valence-electron chi connectivity index (χ2n) is 3.54. The summed E-state index contributed by atoms with van der Waals surface area (Å²) in [6.45, 7) is 0. The maximum Gasteiger partial charge on any atom is 0.389 e. The molecule has 0 saturated heterocycles. The van der Waals surface area contributed by atoms with E-state index in [1.54, 1.807) is 24.3 Å². The highest BCUT2D eigenvalue weighted by Gasteiger charge is 2.27. The Labute approximate surface area is 104 Å². The Balaban J connectivity index is 0.00000256. The van der Waals surface area contributed by atoms with Crippen LogP contribution in [-0.2, 0) is 0 Å². The van der Waals surface area contributed by atoms with Crippen LogP contribution in [0, 0.1) is 0 Å². The Kier molecular flexibility index (Phi) is 6.34. The van der Waals surface area contributed by atoms with E-state index in [9.17, 15) is 13.2 Å². The first-order chi connectivity index (χ1) is 7.42. The summed E-state index contributed by atoms with van der Waals surface area (Å²) in [6, 6.07) is 6.17. The highest BCUT2D eigenvalue weighted by molar-refractivity contribution is 5.85. The number of methoxy groups -OCH3 is 1. The lowest BCUT2D eigenvalue weighted by Crippen LogP contribution is -2.15. The van der Waals surface area contributed by atoms with Crippen molar-refractivity contribution in [1.29, 1.82) is 0 Å². The molecule has 0 radical (unpaired) electrons. The Morgan fingerprint density at radius 3 is 2.53 bits per heavy atom. The number of hydrogen-bond donors (Lipinski definition) is 1. The molecule has 1 rings (SSSR count). The van der Waals surface area contributed by atoms with Crippen LogP contribution in [0.25, 0.3) is 0 Å². The molecule has 0 amide bonds. The maximum absolute atomic E-state index is 12.0. The molecular weight excluding hydrogens is 255 g/mol. The SMILES string of the molecule is COc1cccc([C@H](N)CCC(F)(F)F)c1.Cl. The van der Waals surface area contributed by atoms with Gasteiger partial charge in [-0.3, -0.25) is 0 Å². The van der Waals surface area contributed by atoms with E-state index in [1.165, 1.54) is 7.11 Å². The summed E-state index contributed by atoms with van der Waals surface area (Å²) in [5.41, 5.74) is 6.33. The van der Waals surface area contributed by atoms with Crippen LogP contribution < -0.4 is 10.5 Å². The van der Waals surface area contributed by atoms with Crippen LogP contribution in [-0.4, -0.2) is 13.3 Å². The van der Waals surface area contributed by atoms with Gasteiger partial charge in [-0.25, -0.2) is 0 Å². The summed E-state index contributed by atoms with van der Waals surface area (Å²) in [4.78, 5) is 0. The molecule has 2 nitrogen and oxygen atoms in total. The average molecular weight is 270 g/mol. The summed E-state index contributed by atoms with van der Waals surface area (Å²) in [7, 11) is 1.50. The van der Waals surface area contributed by atoms with Crippen molar-refractivity contribution in [2.45, 2.75) is 25.1 Å². The van der Waals surface area contributed by atoms with Gasteiger partial charge in [0.2, 0.25) is 0 Å². The summed E-state index contributed by atoms with van der Waals surface area (Å²) in [6.07, 6.45) is -5.14. The van der Waals surface area contributed by atoms with Gasteiger partial charge in [-0.05, 0) is 24.1 Å². The summed E-state index contributed by atoms with van der Waals surface area (Å²) in [5, 5.41) is 0. The highest BCUT2D eigenvalue weighted by atomic mass is 35.5. The molecule has 0 spiro atoms. The molecule has 6 heteroatoms. The molecule has 1 aromatic carbocycles. The van der Waals surface area contributed by atoms with Crippen molar-refractivity contribution >= 4 is 12.4 Å². The molecule has 1 atom stereocenters. The van der Waals surface area contributed by atoms with Gasteiger partial charge < -0.3 is 10.5 Å². The van der Waals surface area contributed by atoms with Gasteiger partial charge in [-0.1, -0.05) is 12.1 Å². The standard InChI is InChI=1S/C11H14F3NO.ClH/c1-16-9-4-2-3-8(7-9)10(15)5-6-11(12,13)14;/h2-4,7,10H,5-6,15H2,1H3;1H/t10-;/m1./s1. The van der Waals surface area contributed by atoms with Crippen LogP contribution in [0.15, 0.2) is 24.3 Å². The predicted molar refractivity (Wildman–Crippen MR) is 62.5 cm³/mol. The number of ether oxygens (including phenoxy) is 1. The topological polar surface area (TPSA) is 35.2 Å². The predicted octanol–water partition coefficient (Wildman–Crippen LogP) is 3.46. The van der Waals surface area contributed by atoms with Gasteiger partial charge in [0, 0.05) is 12.5 Å². The van der Waals surface area contributed by atoms with E-state index in [-0.39, 0.29) is 18.8 Å². The smallest absolute Gasteiger partial charge is 0.389 e. The van der Waals surface area contributed by atoms with Gasteiger partial charge in [0.15, 0.2) is 0 Å². The second-order valence-corrected chi connectivity index (χ2v) is 3.54. The third kappa shape index (κ3) is 5.79. The van der Waals surface area contributed by atoms with Gasteiger partial charge in [-0.15, -0.1) is 12.4 Å². The minimum absolute atomic E-state index is 0. The Morgan fingerprint density at radius 2 is 2.00 bits per heavy atom. The Bertz CT molecular complexity index is 344. The molecule has 2 N–H and O–H groups in total. The third-order valence-corrected chi connectivity index (χ3v) is 2.26. The van der Waals surface area contributed by atoms with E-state index in [0.29, 0.717) is 11.3 Å². The average Bonchev–Trinajstić information content (AvgIpc) is 2.25. The molecule has 0 aliphatic rings. The zero-order valence-electron chi connectivity index (χ0n) is 9.33. The summed E-state index contributed by atoms with van der Waals surface area (Å²) >= 11 is 0. The highest BCUT2D eigenvalue weighted by Crippen LogP contribution is 2.27. The molecule has 0 unspecified atom stereocenters. The molecule has 0 bridgehead atoms. The minimum atomic E-state index is -4.16. The van der Waals surface area contributed by atoms with E-state index in [1.807, 2.05) is 0 Å². The van der Waals surface area contributed by atoms with Crippen molar-refractivity contribution in [1.82, 2.24) is 0 Å². The fourth-order valence-corrected chi connectivity index (χ4v) is 1.36. The van der Waals surface area contributed by atoms with Gasteiger partial charge in [0.1, 0.15) is 5.75 Å². The van der Waals surface area contributed by atoms with Crippen LogP contribution >= 0.6 is 12.4 Å². The van der Waals surface area contributed by atoms with E-state index < -0.39 is 18.6 Å². The quantitative estimate of drug-likeness (QED) is 0.908. The molecule has 0 fully saturated rings. The van der Waals surface area contributed by atoms with E-state index in [0.717, 1.165) is 0 Å². The van der Waals surface area contributed by atoms with E-state index in [4.69, 9.17) is 10.5 Å². The first kappa shape index (κ1) is 16.1. The van der Waals surface area contributed by atoms with Crippen molar-refractivity contribution in [3.63, 3.8) is 0 Å². The molecule has 0 aromatic heterocycles. The largest absolute Gasteiger partial charge is 0.497 e. The lowest BCUT2D eigenvalue weighted by molar-refractivity contribution is -0.136. The van der Waals surface area contributed by atoms with E-state index in [2.05, 4.69) is 0 Å². The van der Waals surface area contributed by atoms with Crippen molar-refractivity contribution in [2.24, 2.45) is 5.73 Å². The van der Waals surface area contributed by atoms with Crippen LogP contribution in [0.5, 0.6) is 5.75 Å². The van der Waals surface area contributed by atoms with Crippen molar-refractivity contribution in [2.75, 3.05) is 7.11 Å². The fraction of sp³-hybridized carbons (Fsp3) is 0.455. The molecule has 0 saturated carbocycles.